The van der Waals surface area contributed by atoms with Gasteiger partial charge in [-0.15, -0.1) is 0 Å². The van der Waals surface area contributed by atoms with Crippen LogP contribution in [0.4, 0.5) is 10.1 Å². The third kappa shape index (κ3) is 3.95. The predicted octanol–water partition coefficient (Wildman–Crippen LogP) is 3.21. The summed E-state index contributed by atoms with van der Waals surface area (Å²) in [6.07, 6.45) is 0. The first-order chi connectivity index (χ1) is 10.2. The largest absolute Gasteiger partial charge is 0.479 e. The van der Waals surface area contributed by atoms with Crippen LogP contribution in [0.15, 0.2) is 42.5 Å². The Morgan fingerprint density at radius 1 is 1.10 bits per heavy atom. The van der Waals surface area contributed by atoms with Gasteiger partial charge < -0.3 is 10.1 Å². The Morgan fingerprint density at radius 2 is 1.86 bits per heavy atom. The van der Waals surface area contributed by atoms with Crippen LogP contribution in [0.5, 0.6) is 5.75 Å². The molecule has 0 heterocycles. The zero-order chi connectivity index (χ0) is 15.1. The van der Waals surface area contributed by atoms with Gasteiger partial charge in [-0.25, -0.2) is 4.39 Å². The van der Waals surface area contributed by atoms with Gasteiger partial charge in [0.15, 0.2) is 6.61 Å². The lowest BCUT2D eigenvalue weighted by Gasteiger charge is -2.08. The Balaban J connectivity index is 1.97. The van der Waals surface area contributed by atoms with Crippen molar-refractivity contribution in [3.8, 4) is 17.9 Å². The highest BCUT2D eigenvalue weighted by Gasteiger charge is 2.03. The number of anilines is 1. The average Bonchev–Trinajstić information content (AvgIpc) is 2.52. The van der Waals surface area contributed by atoms with Crippen LogP contribution in [0.3, 0.4) is 0 Å². The van der Waals surface area contributed by atoms with Crippen LogP contribution >= 0.6 is 0 Å². The molecule has 0 aliphatic carbocycles. The Kier molecular flexibility index (Phi) is 4.74. The number of nitrogens with zero attached hydrogens (tertiary/aromatic N) is 2. The summed E-state index contributed by atoms with van der Waals surface area (Å²) >= 11 is 0. The molecule has 5 heteroatoms. The summed E-state index contributed by atoms with van der Waals surface area (Å²) in [5.41, 5.74) is 1.58. The van der Waals surface area contributed by atoms with Gasteiger partial charge in [0.2, 0.25) is 0 Å². The van der Waals surface area contributed by atoms with Crippen LogP contribution in [0.1, 0.15) is 11.1 Å². The summed E-state index contributed by atoms with van der Waals surface area (Å²) in [6, 6.07) is 15.3. The Hall–Kier alpha value is -3.05. The number of halogens is 1. The molecule has 0 aliphatic rings. The number of hydrogen-bond acceptors (Lipinski definition) is 4. The van der Waals surface area contributed by atoms with Crippen molar-refractivity contribution in [1.29, 1.82) is 10.5 Å². The monoisotopic (exact) mass is 281 g/mol. The van der Waals surface area contributed by atoms with Crippen LogP contribution in [0, 0.1) is 28.5 Å². The summed E-state index contributed by atoms with van der Waals surface area (Å²) in [6.45, 7) is 0.454. The first-order valence-corrected chi connectivity index (χ1v) is 6.25. The van der Waals surface area contributed by atoms with Gasteiger partial charge in [0.25, 0.3) is 0 Å². The minimum Gasteiger partial charge on any atom is -0.479 e. The quantitative estimate of drug-likeness (QED) is 0.913. The molecule has 0 bridgehead atoms. The summed E-state index contributed by atoms with van der Waals surface area (Å²) in [5.74, 6) is 0.160. The zero-order valence-corrected chi connectivity index (χ0v) is 11.1. The van der Waals surface area contributed by atoms with Gasteiger partial charge in [-0.1, -0.05) is 12.1 Å². The topological polar surface area (TPSA) is 68.8 Å². The van der Waals surface area contributed by atoms with E-state index in [-0.39, 0.29) is 12.2 Å². The van der Waals surface area contributed by atoms with Crippen molar-refractivity contribution in [2.75, 3.05) is 11.9 Å². The van der Waals surface area contributed by atoms with E-state index in [4.69, 9.17) is 15.3 Å². The van der Waals surface area contributed by atoms with Crippen molar-refractivity contribution < 1.29 is 9.13 Å². The molecule has 2 aromatic rings. The second-order valence-electron chi connectivity index (χ2n) is 4.25. The number of nitrogens with one attached hydrogen (secondary N) is 1. The van der Waals surface area contributed by atoms with E-state index in [0.717, 1.165) is 5.56 Å². The van der Waals surface area contributed by atoms with Crippen molar-refractivity contribution in [2.24, 2.45) is 0 Å². The first kappa shape index (κ1) is 14.4. The standard InChI is InChI=1S/C16H12FN3O/c17-15-9-13(10-19)3-6-16(15)20-11-12-1-4-14(5-2-12)21-8-7-18/h1-6,9,20H,8,11H2. The maximum Gasteiger partial charge on any atom is 0.174 e. The lowest BCUT2D eigenvalue weighted by molar-refractivity contribution is 0.368. The maximum absolute atomic E-state index is 13.7. The molecule has 0 aromatic heterocycles. The van der Waals surface area contributed by atoms with Gasteiger partial charge in [-0.05, 0) is 35.9 Å². The zero-order valence-electron chi connectivity index (χ0n) is 11.1. The van der Waals surface area contributed by atoms with Crippen LogP contribution in [-0.4, -0.2) is 6.61 Å². The van der Waals surface area contributed by atoms with Crippen molar-refractivity contribution in [2.45, 2.75) is 6.54 Å². The van der Waals surface area contributed by atoms with E-state index in [2.05, 4.69) is 5.32 Å². The van der Waals surface area contributed by atoms with Gasteiger partial charge >= 0.3 is 0 Å². The molecule has 1 N–H and O–H groups in total. The predicted molar refractivity (Wildman–Crippen MR) is 76.0 cm³/mol. The molecule has 0 aliphatic heterocycles. The maximum atomic E-state index is 13.7. The number of ether oxygens (including phenoxy) is 1. The van der Waals surface area contributed by atoms with Crippen LogP contribution in [0.25, 0.3) is 0 Å². The van der Waals surface area contributed by atoms with Crippen LogP contribution in [-0.2, 0) is 6.54 Å². The average molecular weight is 281 g/mol. The molecular formula is C16H12FN3O. The molecule has 0 unspecified atom stereocenters. The molecule has 0 fully saturated rings. The normalized spacial score (nSPS) is 9.48. The van der Waals surface area contributed by atoms with E-state index in [9.17, 15) is 4.39 Å². The number of rotatable bonds is 5. The second-order valence-corrected chi connectivity index (χ2v) is 4.25. The second kappa shape index (κ2) is 6.93. The summed E-state index contributed by atoms with van der Waals surface area (Å²) < 4.78 is 18.8. The molecule has 0 amide bonds. The van der Waals surface area contributed by atoms with Gasteiger partial charge in [0.05, 0.1) is 17.3 Å². The minimum absolute atomic E-state index is 0.00799. The fourth-order valence-electron chi connectivity index (χ4n) is 1.74. The number of hydrogen-bond donors (Lipinski definition) is 1. The van der Waals surface area contributed by atoms with Crippen molar-refractivity contribution in [3.63, 3.8) is 0 Å². The highest BCUT2D eigenvalue weighted by Crippen LogP contribution is 2.17. The molecular weight excluding hydrogens is 269 g/mol. The van der Waals surface area contributed by atoms with E-state index < -0.39 is 5.82 Å². The fraction of sp³-hybridized carbons (Fsp3) is 0.125. The number of nitriles is 2. The fourth-order valence-corrected chi connectivity index (χ4v) is 1.74. The molecule has 0 radical (unpaired) electrons. The molecule has 2 aromatic carbocycles. The summed E-state index contributed by atoms with van der Waals surface area (Å²) in [5, 5.41) is 20.1. The van der Waals surface area contributed by atoms with E-state index in [1.54, 1.807) is 18.2 Å². The van der Waals surface area contributed by atoms with Gasteiger partial charge in [-0.2, -0.15) is 10.5 Å². The molecule has 21 heavy (non-hydrogen) atoms. The Morgan fingerprint density at radius 3 is 2.48 bits per heavy atom. The van der Waals surface area contributed by atoms with Gasteiger partial charge in [0, 0.05) is 6.54 Å². The van der Waals surface area contributed by atoms with Crippen LogP contribution in [0.2, 0.25) is 0 Å². The van der Waals surface area contributed by atoms with Gasteiger partial charge in [-0.3, -0.25) is 0 Å². The van der Waals surface area contributed by atoms with Crippen molar-refractivity contribution in [1.82, 2.24) is 0 Å². The lowest BCUT2D eigenvalue weighted by Crippen LogP contribution is -2.02. The first-order valence-electron chi connectivity index (χ1n) is 6.25. The number of benzene rings is 2. The smallest absolute Gasteiger partial charge is 0.174 e. The molecule has 0 atom stereocenters. The highest BCUT2D eigenvalue weighted by atomic mass is 19.1. The van der Waals surface area contributed by atoms with Crippen molar-refractivity contribution in [3.05, 3.63) is 59.4 Å². The van der Waals surface area contributed by atoms with Crippen molar-refractivity contribution >= 4 is 5.69 Å². The van der Waals surface area contributed by atoms with E-state index in [1.165, 1.54) is 12.1 Å². The summed E-state index contributed by atoms with van der Waals surface area (Å²) in [7, 11) is 0. The van der Waals surface area contributed by atoms with E-state index in [1.807, 2.05) is 24.3 Å². The molecule has 0 spiro atoms. The highest BCUT2D eigenvalue weighted by molar-refractivity contribution is 5.49. The third-order valence-corrected chi connectivity index (χ3v) is 2.81. The molecule has 2 rings (SSSR count). The minimum atomic E-state index is -0.456. The molecule has 104 valence electrons. The third-order valence-electron chi connectivity index (χ3n) is 2.81. The SMILES string of the molecule is N#CCOc1ccc(CNc2ccc(C#N)cc2F)cc1. The Labute approximate surface area is 122 Å². The Bertz CT molecular complexity index is 699. The lowest BCUT2D eigenvalue weighted by atomic mass is 10.2. The molecule has 4 nitrogen and oxygen atoms in total. The summed E-state index contributed by atoms with van der Waals surface area (Å²) in [4.78, 5) is 0. The van der Waals surface area contributed by atoms with Crippen LogP contribution < -0.4 is 10.1 Å². The van der Waals surface area contributed by atoms with E-state index in [0.29, 0.717) is 18.0 Å². The van der Waals surface area contributed by atoms with Gasteiger partial charge in [0.1, 0.15) is 17.6 Å². The molecule has 0 saturated carbocycles. The molecule has 0 saturated heterocycles. The van der Waals surface area contributed by atoms with E-state index >= 15 is 0 Å².